The van der Waals surface area contributed by atoms with Gasteiger partial charge in [0.05, 0.1) is 0 Å². The van der Waals surface area contributed by atoms with E-state index < -0.39 is 0 Å². The molecule has 0 aromatic heterocycles. The zero-order valence-corrected chi connectivity index (χ0v) is 6.98. The maximum Gasteiger partial charge on any atom is 0.0360 e. The fourth-order valence-corrected chi connectivity index (χ4v) is 1.50. The van der Waals surface area contributed by atoms with E-state index in [1.807, 2.05) is 0 Å². The molecular formula is C7H15ClN2. The van der Waals surface area contributed by atoms with Crippen LogP contribution in [0, 0.1) is 0 Å². The van der Waals surface area contributed by atoms with Crippen molar-refractivity contribution in [2.45, 2.75) is 18.2 Å². The molecule has 3 heteroatoms. The highest BCUT2D eigenvalue weighted by molar-refractivity contribution is 6.20. The molecule has 0 bridgehead atoms. The van der Waals surface area contributed by atoms with E-state index in [0.29, 0.717) is 5.38 Å². The molecule has 0 saturated carbocycles. The fourth-order valence-electron chi connectivity index (χ4n) is 1.31. The van der Waals surface area contributed by atoms with Gasteiger partial charge in [0.1, 0.15) is 0 Å². The number of alkyl halides is 1. The van der Waals surface area contributed by atoms with Crippen LogP contribution in [-0.4, -0.2) is 36.5 Å². The van der Waals surface area contributed by atoms with E-state index in [0.717, 1.165) is 39.0 Å². The second kappa shape index (κ2) is 4.16. The summed E-state index contributed by atoms with van der Waals surface area (Å²) in [6.45, 7) is 4.06. The summed E-state index contributed by atoms with van der Waals surface area (Å²) in [6.07, 6.45) is 2.25. The average molecular weight is 163 g/mol. The molecule has 1 aliphatic rings. The van der Waals surface area contributed by atoms with Gasteiger partial charge in [0.2, 0.25) is 0 Å². The largest absolute Gasteiger partial charge is 0.329 e. The van der Waals surface area contributed by atoms with Gasteiger partial charge >= 0.3 is 0 Å². The Morgan fingerprint density at radius 3 is 2.50 bits per heavy atom. The number of nitrogens with two attached hydrogens (primary N) is 1. The van der Waals surface area contributed by atoms with Crippen molar-refractivity contribution in [3.8, 4) is 0 Å². The fraction of sp³-hybridized carbons (Fsp3) is 1.00. The Bertz CT molecular complexity index is 89.6. The first-order valence-corrected chi connectivity index (χ1v) is 4.33. The van der Waals surface area contributed by atoms with Crippen LogP contribution < -0.4 is 5.73 Å². The summed E-state index contributed by atoms with van der Waals surface area (Å²) in [6, 6.07) is 0. The van der Waals surface area contributed by atoms with Crippen LogP contribution in [0.25, 0.3) is 0 Å². The van der Waals surface area contributed by atoms with Crippen molar-refractivity contribution in [2.75, 3.05) is 26.2 Å². The number of hydrogen-bond donors (Lipinski definition) is 1. The van der Waals surface area contributed by atoms with E-state index in [2.05, 4.69) is 4.90 Å². The van der Waals surface area contributed by atoms with Crippen LogP contribution in [0.5, 0.6) is 0 Å². The van der Waals surface area contributed by atoms with Crippen LogP contribution in [0.4, 0.5) is 0 Å². The number of hydrogen-bond acceptors (Lipinski definition) is 2. The molecule has 1 rings (SSSR count). The van der Waals surface area contributed by atoms with Crippen LogP contribution in [0.3, 0.4) is 0 Å². The minimum absolute atomic E-state index is 0.411. The van der Waals surface area contributed by atoms with Gasteiger partial charge in [0.25, 0.3) is 0 Å². The van der Waals surface area contributed by atoms with Crippen LogP contribution in [0.15, 0.2) is 0 Å². The van der Waals surface area contributed by atoms with Gasteiger partial charge in [-0.2, -0.15) is 0 Å². The van der Waals surface area contributed by atoms with Crippen molar-refractivity contribution >= 4 is 11.6 Å². The first kappa shape index (κ1) is 8.31. The van der Waals surface area contributed by atoms with E-state index in [1.54, 1.807) is 0 Å². The Labute approximate surface area is 67.3 Å². The van der Waals surface area contributed by atoms with E-state index in [4.69, 9.17) is 17.3 Å². The Kier molecular flexibility index (Phi) is 3.46. The molecule has 1 saturated heterocycles. The smallest absolute Gasteiger partial charge is 0.0360 e. The van der Waals surface area contributed by atoms with Crippen molar-refractivity contribution < 1.29 is 0 Å². The van der Waals surface area contributed by atoms with Crippen molar-refractivity contribution in [1.82, 2.24) is 4.90 Å². The summed E-state index contributed by atoms with van der Waals surface area (Å²) in [4.78, 5) is 2.37. The van der Waals surface area contributed by atoms with Gasteiger partial charge < -0.3 is 10.6 Å². The van der Waals surface area contributed by atoms with Gasteiger partial charge in [-0.3, -0.25) is 0 Å². The average Bonchev–Trinajstić information content (AvgIpc) is 1.95. The van der Waals surface area contributed by atoms with Crippen molar-refractivity contribution in [3.63, 3.8) is 0 Å². The van der Waals surface area contributed by atoms with Gasteiger partial charge in [-0.15, -0.1) is 11.6 Å². The molecule has 0 aromatic rings. The molecule has 1 fully saturated rings. The van der Waals surface area contributed by atoms with E-state index in [9.17, 15) is 0 Å². The predicted molar refractivity (Wildman–Crippen MR) is 44.4 cm³/mol. The van der Waals surface area contributed by atoms with Crippen LogP contribution in [0.1, 0.15) is 12.8 Å². The maximum atomic E-state index is 5.92. The molecule has 1 aliphatic heterocycles. The summed E-state index contributed by atoms with van der Waals surface area (Å²) < 4.78 is 0. The molecule has 2 N–H and O–H groups in total. The standard InChI is InChI=1S/C7H15ClN2/c8-7-1-4-10(5-2-7)6-3-9/h7H,1-6,9H2. The third kappa shape index (κ3) is 2.45. The first-order chi connectivity index (χ1) is 4.83. The lowest BCUT2D eigenvalue weighted by Crippen LogP contribution is -2.37. The normalized spacial score (nSPS) is 23.4. The molecule has 2 nitrogen and oxygen atoms in total. The zero-order valence-electron chi connectivity index (χ0n) is 6.22. The van der Waals surface area contributed by atoms with Crippen molar-refractivity contribution in [1.29, 1.82) is 0 Å². The Morgan fingerprint density at radius 2 is 2.00 bits per heavy atom. The van der Waals surface area contributed by atoms with Crippen molar-refractivity contribution in [3.05, 3.63) is 0 Å². The van der Waals surface area contributed by atoms with E-state index >= 15 is 0 Å². The third-order valence-corrected chi connectivity index (χ3v) is 2.40. The quantitative estimate of drug-likeness (QED) is 0.605. The number of rotatable bonds is 2. The Morgan fingerprint density at radius 1 is 1.40 bits per heavy atom. The lowest BCUT2D eigenvalue weighted by molar-refractivity contribution is 0.237. The Balaban J connectivity index is 2.13. The van der Waals surface area contributed by atoms with Crippen LogP contribution in [-0.2, 0) is 0 Å². The maximum absolute atomic E-state index is 5.92. The molecule has 0 spiro atoms. The van der Waals surface area contributed by atoms with Gasteiger partial charge in [0, 0.05) is 18.5 Å². The highest BCUT2D eigenvalue weighted by atomic mass is 35.5. The second-order valence-electron chi connectivity index (χ2n) is 2.80. The molecular weight excluding hydrogens is 148 g/mol. The summed E-state index contributed by atoms with van der Waals surface area (Å²) in [5, 5.41) is 0.411. The molecule has 10 heavy (non-hydrogen) atoms. The molecule has 0 atom stereocenters. The number of likely N-dealkylation sites (tertiary alicyclic amines) is 1. The summed E-state index contributed by atoms with van der Waals surface area (Å²) in [7, 11) is 0. The summed E-state index contributed by atoms with van der Waals surface area (Å²) in [5.41, 5.74) is 5.42. The number of halogens is 1. The molecule has 0 aliphatic carbocycles. The SMILES string of the molecule is NCCN1CCC(Cl)CC1. The summed E-state index contributed by atoms with van der Waals surface area (Å²) in [5.74, 6) is 0. The molecule has 0 radical (unpaired) electrons. The third-order valence-electron chi connectivity index (χ3n) is 1.96. The monoisotopic (exact) mass is 162 g/mol. The minimum Gasteiger partial charge on any atom is -0.329 e. The lowest BCUT2D eigenvalue weighted by Gasteiger charge is -2.28. The molecule has 1 heterocycles. The van der Waals surface area contributed by atoms with Gasteiger partial charge in [0.15, 0.2) is 0 Å². The number of nitrogens with zero attached hydrogens (tertiary/aromatic N) is 1. The van der Waals surface area contributed by atoms with E-state index in [-0.39, 0.29) is 0 Å². The van der Waals surface area contributed by atoms with E-state index in [1.165, 1.54) is 0 Å². The molecule has 0 unspecified atom stereocenters. The van der Waals surface area contributed by atoms with Gasteiger partial charge in [-0.05, 0) is 25.9 Å². The van der Waals surface area contributed by atoms with Crippen LogP contribution >= 0.6 is 11.6 Å². The molecule has 0 amide bonds. The minimum atomic E-state index is 0.411. The highest BCUT2D eigenvalue weighted by Gasteiger charge is 2.15. The van der Waals surface area contributed by atoms with Gasteiger partial charge in [-0.25, -0.2) is 0 Å². The second-order valence-corrected chi connectivity index (χ2v) is 3.42. The topological polar surface area (TPSA) is 29.3 Å². The van der Waals surface area contributed by atoms with Gasteiger partial charge in [-0.1, -0.05) is 0 Å². The Hall–Kier alpha value is 0.210. The predicted octanol–water partition coefficient (Wildman–Crippen LogP) is 0.648. The first-order valence-electron chi connectivity index (χ1n) is 3.89. The van der Waals surface area contributed by atoms with Crippen molar-refractivity contribution in [2.24, 2.45) is 5.73 Å². The zero-order chi connectivity index (χ0) is 7.40. The summed E-state index contributed by atoms with van der Waals surface area (Å²) >= 11 is 5.92. The highest BCUT2D eigenvalue weighted by Crippen LogP contribution is 2.14. The molecule has 0 aromatic carbocycles. The number of piperidine rings is 1. The van der Waals surface area contributed by atoms with Crippen LogP contribution in [0.2, 0.25) is 0 Å². The molecule has 60 valence electrons. The lowest BCUT2D eigenvalue weighted by atomic mass is 10.1.